The summed E-state index contributed by atoms with van der Waals surface area (Å²) < 4.78 is 0. The Kier molecular flexibility index (Phi) is 3.98. The number of nitrogens with one attached hydrogen (secondary N) is 1. The van der Waals surface area contributed by atoms with Crippen LogP contribution in [0.4, 0.5) is 11.4 Å². The molecule has 0 aliphatic heterocycles. The predicted molar refractivity (Wildman–Crippen MR) is 80.0 cm³/mol. The summed E-state index contributed by atoms with van der Waals surface area (Å²) in [4.78, 5) is 12.1. The van der Waals surface area contributed by atoms with Gasteiger partial charge in [-0.05, 0) is 36.8 Å². The van der Waals surface area contributed by atoms with Crippen LogP contribution in [0.2, 0.25) is 10.0 Å². The van der Waals surface area contributed by atoms with Crippen LogP contribution >= 0.6 is 23.2 Å². The highest BCUT2D eigenvalue weighted by Crippen LogP contribution is 2.24. The lowest BCUT2D eigenvalue weighted by Crippen LogP contribution is -2.14. The van der Waals surface area contributed by atoms with Crippen LogP contribution in [0.1, 0.15) is 15.9 Å². The fourth-order valence-electron chi connectivity index (χ4n) is 1.70. The molecule has 0 unspecified atom stereocenters. The molecule has 0 radical (unpaired) electrons. The van der Waals surface area contributed by atoms with Crippen molar-refractivity contribution in [2.75, 3.05) is 11.1 Å². The zero-order chi connectivity index (χ0) is 14.0. The van der Waals surface area contributed by atoms with Crippen molar-refractivity contribution in [2.45, 2.75) is 6.92 Å². The van der Waals surface area contributed by atoms with Gasteiger partial charge in [-0.1, -0.05) is 35.3 Å². The smallest absolute Gasteiger partial charge is 0.257 e. The molecule has 1 amide bonds. The number of nitrogen functional groups attached to an aromatic ring is 1. The molecule has 0 aliphatic rings. The van der Waals surface area contributed by atoms with Gasteiger partial charge in [0.2, 0.25) is 0 Å². The Morgan fingerprint density at radius 3 is 2.42 bits per heavy atom. The minimum Gasteiger partial charge on any atom is -0.398 e. The number of para-hydroxylation sites is 1. The number of hydrogen-bond donors (Lipinski definition) is 2. The van der Waals surface area contributed by atoms with Crippen LogP contribution in [-0.4, -0.2) is 5.91 Å². The van der Waals surface area contributed by atoms with E-state index in [0.29, 0.717) is 27.0 Å². The van der Waals surface area contributed by atoms with Crippen molar-refractivity contribution < 1.29 is 4.79 Å². The highest BCUT2D eigenvalue weighted by Gasteiger charge is 2.11. The number of aryl methyl sites for hydroxylation is 1. The first-order chi connectivity index (χ1) is 8.97. The third kappa shape index (κ3) is 3.19. The molecule has 0 fully saturated rings. The van der Waals surface area contributed by atoms with Gasteiger partial charge in [-0.3, -0.25) is 4.79 Å². The molecule has 2 rings (SSSR count). The Labute approximate surface area is 121 Å². The molecule has 3 N–H and O–H groups in total. The fourth-order valence-corrected chi connectivity index (χ4v) is 2.23. The highest BCUT2D eigenvalue weighted by molar-refractivity contribution is 6.35. The van der Waals surface area contributed by atoms with E-state index in [0.717, 1.165) is 5.56 Å². The maximum absolute atomic E-state index is 12.1. The summed E-state index contributed by atoms with van der Waals surface area (Å²) in [6, 6.07) is 10.1. The number of carbonyl (C=O) groups is 1. The minimum atomic E-state index is -0.292. The van der Waals surface area contributed by atoms with E-state index in [2.05, 4.69) is 5.32 Å². The molecule has 19 heavy (non-hydrogen) atoms. The van der Waals surface area contributed by atoms with Crippen LogP contribution in [0.15, 0.2) is 36.4 Å². The number of carbonyl (C=O) groups excluding carboxylic acids is 1. The van der Waals surface area contributed by atoms with Crippen molar-refractivity contribution >= 4 is 40.5 Å². The zero-order valence-electron chi connectivity index (χ0n) is 10.2. The second-order valence-corrected chi connectivity index (χ2v) is 5.02. The van der Waals surface area contributed by atoms with Crippen LogP contribution in [-0.2, 0) is 0 Å². The summed E-state index contributed by atoms with van der Waals surface area (Å²) in [5, 5.41) is 3.64. The fraction of sp³-hybridized carbons (Fsp3) is 0.0714. The summed E-state index contributed by atoms with van der Waals surface area (Å²) in [6.45, 7) is 1.85. The SMILES string of the molecule is Cc1cccc(C(=O)Nc2cc(Cl)cc(Cl)c2)c1N. The third-order valence-corrected chi connectivity index (χ3v) is 3.13. The number of hydrogen-bond acceptors (Lipinski definition) is 2. The van der Waals surface area contributed by atoms with Gasteiger partial charge >= 0.3 is 0 Å². The molecule has 0 saturated carbocycles. The van der Waals surface area contributed by atoms with Gasteiger partial charge in [-0.15, -0.1) is 0 Å². The van der Waals surface area contributed by atoms with Crippen molar-refractivity contribution in [2.24, 2.45) is 0 Å². The molecular formula is C14H12Cl2N2O. The molecule has 0 heterocycles. The van der Waals surface area contributed by atoms with E-state index in [-0.39, 0.29) is 5.91 Å². The first-order valence-corrected chi connectivity index (χ1v) is 6.35. The van der Waals surface area contributed by atoms with Crippen LogP contribution in [0, 0.1) is 6.92 Å². The molecule has 0 bridgehead atoms. The predicted octanol–water partition coefficient (Wildman–Crippen LogP) is 4.14. The van der Waals surface area contributed by atoms with Gasteiger partial charge in [0, 0.05) is 21.4 Å². The van der Waals surface area contributed by atoms with Crippen molar-refractivity contribution in [1.82, 2.24) is 0 Å². The van der Waals surface area contributed by atoms with Crippen LogP contribution < -0.4 is 11.1 Å². The second kappa shape index (κ2) is 5.51. The van der Waals surface area contributed by atoms with Gasteiger partial charge in [0.05, 0.1) is 5.56 Å². The number of anilines is 2. The molecular weight excluding hydrogens is 283 g/mol. The number of nitrogens with two attached hydrogens (primary N) is 1. The lowest BCUT2D eigenvalue weighted by Gasteiger charge is -2.09. The van der Waals surface area contributed by atoms with E-state index in [9.17, 15) is 4.79 Å². The topological polar surface area (TPSA) is 55.1 Å². The average molecular weight is 295 g/mol. The minimum absolute atomic E-state index is 0.292. The van der Waals surface area contributed by atoms with Crippen molar-refractivity contribution in [3.05, 3.63) is 57.6 Å². The van der Waals surface area contributed by atoms with Gasteiger partial charge in [-0.2, -0.15) is 0 Å². The number of halogens is 2. The Morgan fingerprint density at radius 2 is 1.79 bits per heavy atom. The largest absolute Gasteiger partial charge is 0.398 e. The molecule has 98 valence electrons. The summed E-state index contributed by atoms with van der Waals surface area (Å²) in [6.07, 6.45) is 0. The van der Waals surface area contributed by atoms with Crippen LogP contribution in [0.25, 0.3) is 0 Å². The number of rotatable bonds is 2. The third-order valence-electron chi connectivity index (χ3n) is 2.69. The van der Waals surface area contributed by atoms with E-state index in [1.807, 2.05) is 13.0 Å². The van der Waals surface area contributed by atoms with Crippen molar-refractivity contribution in [3.63, 3.8) is 0 Å². The maximum Gasteiger partial charge on any atom is 0.257 e. The zero-order valence-corrected chi connectivity index (χ0v) is 11.7. The summed E-state index contributed by atoms with van der Waals surface area (Å²) in [5.74, 6) is -0.292. The average Bonchev–Trinajstić information content (AvgIpc) is 2.31. The summed E-state index contributed by atoms with van der Waals surface area (Å²) >= 11 is 11.8. The first kappa shape index (κ1) is 13.7. The monoisotopic (exact) mass is 294 g/mol. The second-order valence-electron chi connectivity index (χ2n) is 4.15. The van der Waals surface area contributed by atoms with E-state index in [4.69, 9.17) is 28.9 Å². The maximum atomic E-state index is 12.1. The molecule has 2 aromatic carbocycles. The summed E-state index contributed by atoms with van der Waals surface area (Å²) in [5.41, 5.74) is 8.17. The first-order valence-electron chi connectivity index (χ1n) is 5.60. The standard InChI is InChI=1S/C14H12Cl2N2O/c1-8-3-2-4-12(13(8)17)14(19)18-11-6-9(15)5-10(16)7-11/h2-7H,17H2,1H3,(H,18,19). The van der Waals surface area contributed by atoms with Gasteiger partial charge < -0.3 is 11.1 Å². The van der Waals surface area contributed by atoms with Crippen molar-refractivity contribution in [3.8, 4) is 0 Å². The van der Waals surface area contributed by atoms with Gasteiger partial charge in [0.1, 0.15) is 0 Å². The van der Waals surface area contributed by atoms with Crippen LogP contribution in [0.3, 0.4) is 0 Å². The Bertz CT molecular complexity index is 621. The van der Waals surface area contributed by atoms with Gasteiger partial charge in [-0.25, -0.2) is 0 Å². The molecule has 0 saturated heterocycles. The molecule has 2 aromatic rings. The Hall–Kier alpha value is -1.71. The summed E-state index contributed by atoms with van der Waals surface area (Å²) in [7, 11) is 0. The van der Waals surface area contributed by atoms with E-state index >= 15 is 0 Å². The normalized spacial score (nSPS) is 10.3. The number of amides is 1. The Morgan fingerprint density at radius 1 is 1.16 bits per heavy atom. The lowest BCUT2D eigenvalue weighted by atomic mass is 10.1. The number of benzene rings is 2. The van der Waals surface area contributed by atoms with E-state index in [1.165, 1.54) is 0 Å². The molecule has 0 aromatic heterocycles. The Balaban J connectivity index is 2.28. The molecule has 3 nitrogen and oxygen atoms in total. The quantitative estimate of drug-likeness (QED) is 0.818. The van der Waals surface area contributed by atoms with Crippen molar-refractivity contribution in [1.29, 1.82) is 0 Å². The highest BCUT2D eigenvalue weighted by atomic mass is 35.5. The van der Waals surface area contributed by atoms with Gasteiger partial charge in [0.15, 0.2) is 0 Å². The van der Waals surface area contributed by atoms with E-state index < -0.39 is 0 Å². The lowest BCUT2D eigenvalue weighted by molar-refractivity contribution is 0.102. The van der Waals surface area contributed by atoms with E-state index in [1.54, 1.807) is 30.3 Å². The van der Waals surface area contributed by atoms with Crippen LogP contribution in [0.5, 0.6) is 0 Å². The molecule has 0 aliphatic carbocycles. The van der Waals surface area contributed by atoms with Gasteiger partial charge in [0.25, 0.3) is 5.91 Å². The molecule has 5 heteroatoms. The molecule has 0 spiro atoms. The molecule has 0 atom stereocenters.